The number of aromatic nitrogens is 3. The normalized spacial score (nSPS) is 13.3. The van der Waals surface area contributed by atoms with Gasteiger partial charge in [0.15, 0.2) is 5.82 Å². The van der Waals surface area contributed by atoms with Crippen LogP contribution in [0.4, 0.5) is 5.69 Å². The number of anilines is 1. The summed E-state index contributed by atoms with van der Waals surface area (Å²) < 4.78 is 12.9. The minimum absolute atomic E-state index is 0.103. The van der Waals surface area contributed by atoms with Crippen LogP contribution in [0.5, 0.6) is 11.8 Å². The highest BCUT2D eigenvalue weighted by Gasteiger charge is 2.25. The van der Waals surface area contributed by atoms with Crippen molar-refractivity contribution < 1.29 is 14.3 Å². The van der Waals surface area contributed by atoms with Crippen molar-refractivity contribution >= 4 is 22.9 Å². The van der Waals surface area contributed by atoms with Gasteiger partial charge >= 0.3 is 6.01 Å². The molecule has 0 spiro atoms. The van der Waals surface area contributed by atoms with Gasteiger partial charge in [0.25, 0.3) is 0 Å². The van der Waals surface area contributed by atoms with Gasteiger partial charge in [0.1, 0.15) is 5.75 Å². The summed E-state index contributed by atoms with van der Waals surface area (Å²) in [6.07, 6.45) is 3.84. The molecule has 34 heavy (non-hydrogen) atoms. The second-order valence-electron chi connectivity index (χ2n) is 8.22. The van der Waals surface area contributed by atoms with Crippen LogP contribution in [0.25, 0.3) is 16.4 Å². The van der Waals surface area contributed by atoms with E-state index in [9.17, 15) is 4.79 Å². The summed E-state index contributed by atoms with van der Waals surface area (Å²) >= 11 is 1.60. The summed E-state index contributed by atoms with van der Waals surface area (Å²) in [5, 5.41) is 9.64. The molecule has 0 aliphatic heterocycles. The van der Waals surface area contributed by atoms with Crippen molar-refractivity contribution in [2.24, 2.45) is 5.92 Å². The number of nitrogens with one attached hydrogen (secondary N) is 1. The molecule has 0 atom stereocenters. The number of ether oxygens (including phenoxy) is 2. The molecule has 174 valence electrons. The van der Waals surface area contributed by atoms with Crippen LogP contribution in [0.1, 0.15) is 24.8 Å². The smallest absolute Gasteiger partial charge is 0.336 e. The summed E-state index contributed by atoms with van der Waals surface area (Å²) in [5.41, 5.74) is 2.79. The van der Waals surface area contributed by atoms with Gasteiger partial charge in [-0.1, -0.05) is 24.6 Å². The molecule has 2 aromatic heterocycles. The lowest BCUT2D eigenvalue weighted by Crippen LogP contribution is -2.27. The minimum Gasteiger partial charge on any atom is -0.497 e. The largest absolute Gasteiger partial charge is 0.497 e. The summed E-state index contributed by atoms with van der Waals surface area (Å²) in [6, 6.07) is 19.9. The van der Waals surface area contributed by atoms with E-state index < -0.39 is 0 Å². The zero-order valence-electron chi connectivity index (χ0n) is 18.9. The molecule has 7 nitrogen and oxygen atoms in total. The molecule has 1 aliphatic rings. The van der Waals surface area contributed by atoms with Crippen LogP contribution in [0, 0.1) is 5.92 Å². The average Bonchev–Trinajstić information content (AvgIpc) is 3.49. The Labute approximate surface area is 202 Å². The molecule has 0 bridgehead atoms. The van der Waals surface area contributed by atoms with E-state index in [4.69, 9.17) is 9.47 Å². The van der Waals surface area contributed by atoms with E-state index in [-0.39, 0.29) is 11.8 Å². The summed E-state index contributed by atoms with van der Waals surface area (Å²) in [6.45, 7) is 0.465. The maximum Gasteiger partial charge on any atom is 0.336 e. The zero-order chi connectivity index (χ0) is 23.3. The number of carbonyl (C=O) groups excluding carboxylic acids is 1. The highest BCUT2D eigenvalue weighted by atomic mass is 32.1. The zero-order valence-corrected chi connectivity index (χ0v) is 19.8. The topological polar surface area (TPSA) is 78.3 Å². The number of methoxy groups -OCH3 is 1. The van der Waals surface area contributed by atoms with Crippen LogP contribution in [0.2, 0.25) is 0 Å². The summed E-state index contributed by atoms with van der Waals surface area (Å²) in [5.74, 6) is 1.81. The van der Waals surface area contributed by atoms with Crippen LogP contribution in [-0.2, 0) is 11.2 Å². The maximum atomic E-state index is 12.2. The molecule has 4 aromatic rings. The maximum absolute atomic E-state index is 12.2. The molecule has 5 rings (SSSR count). The van der Waals surface area contributed by atoms with Gasteiger partial charge < -0.3 is 14.8 Å². The molecule has 2 aromatic carbocycles. The Morgan fingerprint density at radius 2 is 1.91 bits per heavy atom. The first-order valence-corrected chi connectivity index (χ1v) is 12.3. The number of benzene rings is 2. The Bertz CT molecular complexity index is 1230. The van der Waals surface area contributed by atoms with Crippen LogP contribution in [0.3, 0.4) is 0 Å². The van der Waals surface area contributed by atoms with Gasteiger partial charge in [-0.2, -0.15) is 4.98 Å². The first-order chi connectivity index (χ1) is 16.7. The summed E-state index contributed by atoms with van der Waals surface area (Å²) in [7, 11) is 1.66. The first kappa shape index (κ1) is 22.2. The van der Waals surface area contributed by atoms with E-state index in [2.05, 4.69) is 15.4 Å². The third-order valence-electron chi connectivity index (χ3n) is 5.97. The summed E-state index contributed by atoms with van der Waals surface area (Å²) in [4.78, 5) is 17.9. The molecule has 2 heterocycles. The average molecular weight is 475 g/mol. The Hall–Kier alpha value is -3.65. The Balaban J connectivity index is 1.30. The molecule has 0 unspecified atom stereocenters. The molecule has 0 saturated heterocycles. The fraction of sp³-hybridized carbons (Fsp3) is 0.269. The van der Waals surface area contributed by atoms with Crippen molar-refractivity contribution in [3.8, 4) is 28.1 Å². The molecule has 1 aliphatic carbocycles. The van der Waals surface area contributed by atoms with Crippen LogP contribution >= 0.6 is 11.3 Å². The molecule has 1 N–H and O–H groups in total. The predicted molar refractivity (Wildman–Crippen MR) is 133 cm³/mol. The number of hydrogen-bond acceptors (Lipinski definition) is 6. The lowest BCUT2D eigenvalue weighted by Gasteiger charge is -2.24. The number of hydrogen-bond donors (Lipinski definition) is 1. The van der Waals surface area contributed by atoms with Crippen LogP contribution in [-0.4, -0.2) is 34.4 Å². The Kier molecular flexibility index (Phi) is 6.58. The van der Waals surface area contributed by atoms with Gasteiger partial charge in [-0.15, -0.1) is 16.4 Å². The van der Waals surface area contributed by atoms with Crippen molar-refractivity contribution in [2.45, 2.75) is 25.7 Å². The molecule has 8 heteroatoms. The standard InChI is InChI=1S/C26H26N4O3S/c1-32-22-13-7-18(8-14-22)15-16-33-26-28-24(23-6-3-17-34-23)30(29-26)21-11-9-20(10-12-21)27-25(31)19-4-2-5-19/h3,6-14,17,19H,2,4-5,15-16H2,1H3,(H,27,31). The molecule has 0 radical (unpaired) electrons. The van der Waals surface area contributed by atoms with E-state index >= 15 is 0 Å². The molecular weight excluding hydrogens is 448 g/mol. The first-order valence-electron chi connectivity index (χ1n) is 11.4. The Morgan fingerprint density at radius 1 is 1.12 bits per heavy atom. The van der Waals surface area contributed by atoms with Crippen LogP contribution in [0.15, 0.2) is 66.0 Å². The second-order valence-corrected chi connectivity index (χ2v) is 9.17. The van der Waals surface area contributed by atoms with Gasteiger partial charge in [0.2, 0.25) is 5.91 Å². The van der Waals surface area contributed by atoms with Gasteiger partial charge in [0, 0.05) is 18.0 Å². The SMILES string of the molecule is COc1ccc(CCOc2nc(-c3cccs3)n(-c3ccc(NC(=O)C4CCC4)cc3)n2)cc1. The molecule has 1 amide bonds. The predicted octanol–water partition coefficient (Wildman–Crippen LogP) is 5.36. The number of thiophene rings is 1. The highest BCUT2D eigenvalue weighted by molar-refractivity contribution is 7.13. The van der Waals surface area contributed by atoms with Gasteiger partial charge in [-0.25, -0.2) is 4.68 Å². The van der Waals surface area contributed by atoms with Crippen LogP contribution < -0.4 is 14.8 Å². The molecular formula is C26H26N4O3S. The quantitative estimate of drug-likeness (QED) is 0.353. The number of rotatable bonds is 9. The Morgan fingerprint density at radius 3 is 2.56 bits per heavy atom. The molecule has 1 saturated carbocycles. The molecule has 1 fully saturated rings. The highest BCUT2D eigenvalue weighted by Crippen LogP contribution is 2.29. The third-order valence-corrected chi connectivity index (χ3v) is 6.83. The van der Waals surface area contributed by atoms with Crippen molar-refractivity contribution in [3.63, 3.8) is 0 Å². The van der Waals surface area contributed by atoms with E-state index in [0.717, 1.165) is 59.1 Å². The van der Waals surface area contributed by atoms with Crippen molar-refractivity contribution in [3.05, 3.63) is 71.6 Å². The minimum atomic E-state index is 0.103. The van der Waals surface area contributed by atoms with Crippen molar-refractivity contribution in [2.75, 3.05) is 19.0 Å². The third kappa shape index (κ3) is 4.97. The van der Waals surface area contributed by atoms with Crippen molar-refractivity contribution in [1.82, 2.24) is 14.8 Å². The fourth-order valence-electron chi connectivity index (χ4n) is 3.75. The van der Waals surface area contributed by atoms with Gasteiger partial charge in [-0.05, 0) is 66.2 Å². The fourth-order valence-corrected chi connectivity index (χ4v) is 4.45. The van der Waals surface area contributed by atoms with Gasteiger partial charge in [0.05, 0.1) is 24.3 Å². The lowest BCUT2D eigenvalue weighted by molar-refractivity contribution is -0.122. The van der Waals surface area contributed by atoms with Gasteiger partial charge in [-0.3, -0.25) is 4.79 Å². The lowest BCUT2D eigenvalue weighted by atomic mass is 9.85. The number of amides is 1. The number of nitrogens with zero attached hydrogens (tertiary/aromatic N) is 3. The van der Waals surface area contributed by atoms with E-state index in [0.29, 0.717) is 12.6 Å². The monoisotopic (exact) mass is 474 g/mol. The number of carbonyl (C=O) groups is 1. The van der Waals surface area contributed by atoms with E-state index in [1.165, 1.54) is 0 Å². The van der Waals surface area contributed by atoms with E-state index in [1.807, 2.05) is 66.0 Å². The van der Waals surface area contributed by atoms with Crippen molar-refractivity contribution in [1.29, 1.82) is 0 Å². The van der Waals surface area contributed by atoms with E-state index in [1.54, 1.807) is 23.1 Å². The second kappa shape index (κ2) is 10.1.